The highest BCUT2D eigenvalue weighted by atomic mass is 16.5. The second-order valence-electron chi connectivity index (χ2n) is 5.34. The highest BCUT2D eigenvalue weighted by Gasteiger charge is 2.31. The van der Waals surface area contributed by atoms with Crippen molar-refractivity contribution < 1.29 is 4.74 Å². The molecular formula is C11H23NO. The van der Waals surface area contributed by atoms with E-state index in [1.807, 2.05) is 0 Å². The minimum atomic E-state index is 0.376. The van der Waals surface area contributed by atoms with Crippen LogP contribution in [-0.2, 0) is 4.74 Å². The van der Waals surface area contributed by atoms with Gasteiger partial charge in [-0.3, -0.25) is 0 Å². The zero-order valence-corrected chi connectivity index (χ0v) is 9.39. The zero-order valence-electron chi connectivity index (χ0n) is 9.39. The fraction of sp³-hybridized carbons (Fsp3) is 1.00. The topological polar surface area (TPSA) is 21.3 Å². The van der Waals surface area contributed by atoms with E-state index in [-0.39, 0.29) is 0 Å². The predicted octanol–water partition coefficient (Wildman–Crippen LogP) is 2.05. The van der Waals surface area contributed by atoms with Gasteiger partial charge in [0.2, 0.25) is 0 Å². The molecule has 0 spiro atoms. The fourth-order valence-corrected chi connectivity index (χ4v) is 1.48. The van der Waals surface area contributed by atoms with Gasteiger partial charge in [-0.05, 0) is 24.2 Å². The smallest absolute Gasteiger partial charge is 0.0618 e. The average molecular weight is 185 g/mol. The van der Waals surface area contributed by atoms with Crippen molar-refractivity contribution in [1.29, 1.82) is 0 Å². The lowest BCUT2D eigenvalue weighted by Crippen LogP contribution is -2.40. The lowest BCUT2D eigenvalue weighted by molar-refractivity contribution is 0.151. The number of hydrogen-bond acceptors (Lipinski definition) is 2. The maximum atomic E-state index is 5.21. The summed E-state index contributed by atoms with van der Waals surface area (Å²) in [7, 11) is 1.79. The molecule has 1 N–H and O–H groups in total. The summed E-state index contributed by atoms with van der Waals surface area (Å²) in [5.74, 6) is 0.877. The summed E-state index contributed by atoms with van der Waals surface area (Å²) in [5, 5.41) is 3.60. The summed E-state index contributed by atoms with van der Waals surface area (Å²) >= 11 is 0. The van der Waals surface area contributed by atoms with Gasteiger partial charge < -0.3 is 10.1 Å². The predicted molar refractivity (Wildman–Crippen MR) is 55.8 cm³/mol. The summed E-state index contributed by atoms with van der Waals surface area (Å²) in [5.41, 5.74) is 0.376. The Morgan fingerprint density at radius 1 is 1.38 bits per heavy atom. The Morgan fingerprint density at radius 2 is 2.00 bits per heavy atom. The molecule has 1 atom stereocenters. The van der Waals surface area contributed by atoms with Gasteiger partial charge in [-0.25, -0.2) is 0 Å². The summed E-state index contributed by atoms with van der Waals surface area (Å²) in [6, 6.07) is 0.587. The highest BCUT2D eigenvalue weighted by molar-refractivity contribution is 4.87. The Bertz CT molecular complexity index is 147. The SMILES string of the molecule is COCC(NCC(C)(C)C)C1CC1. The van der Waals surface area contributed by atoms with E-state index in [2.05, 4.69) is 26.1 Å². The number of nitrogens with one attached hydrogen (secondary N) is 1. The van der Waals surface area contributed by atoms with Gasteiger partial charge in [0.05, 0.1) is 6.61 Å². The molecule has 0 radical (unpaired) electrons. The molecule has 1 saturated carbocycles. The Morgan fingerprint density at radius 3 is 2.38 bits per heavy atom. The molecule has 1 unspecified atom stereocenters. The summed E-state index contributed by atoms with van der Waals surface area (Å²) in [6.45, 7) is 8.72. The van der Waals surface area contributed by atoms with Crippen LogP contribution in [0.1, 0.15) is 33.6 Å². The number of hydrogen-bond donors (Lipinski definition) is 1. The molecule has 78 valence electrons. The van der Waals surface area contributed by atoms with Gasteiger partial charge in [-0.2, -0.15) is 0 Å². The van der Waals surface area contributed by atoms with Gasteiger partial charge in [0.1, 0.15) is 0 Å². The third-order valence-electron chi connectivity index (χ3n) is 2.43. The van der Waals surface area contributed by atoms with Crippen LogP contribution in [-0.4, -0.2) is 26.3 Å². The third kappa shape index (κ3) is 4.63. The van der Waals surface area contributed by atoms with Crippen LogP contribution in [0.2, 0.25) is 0 Å². The van der Waals surface area contributed by atoms with Crippen molar-refractivity contribution in [3.05, 3.63) is 0 Å². The summed E-state index contributed by atoms with van der Waals surface area (Å²) in [6.07, 6.45) is 2.76. The van der Waals surface area contributed by atoms with Gasteiger partial charge >= 0.3 is 0 Å². The molecular weight excluding hydrogens is 162 g/mol. The average Bonchev–Trinajstić information content (AvgIpc) is 2.78. The van der Waals surface area contributed by atoms with E-state index < -0.39 is 0 Å². The van der Waals surface area contributed by atoms with Gasteiger partial charge in [-0.1, -0.05) is 20.8 Å². The van der Waals surface area contributed by atoms with Crippen LogP contribution in [0.5, 0.6) is 0 Å². The summed E-state index contributed by atoms with van der Waals surface area (Å²) < 4.78 is 5.21. The first-order chi connectivity index (χ1) is 6.03. The fourth-order valence-electron chi connectivity index (χ4n) is 1.48. The molecule has 13 heavy (non-hydrogen) atoms. The van der Waals surface area contributed by atoms with Crippen molar-refractivity contribution in [2.75, 3.05) is 20.3 Å². The van der Waals surface area contributed by atoms with Crippen LogP contribution in [0.25, 0.3) is 0 Å². The molecule has 0 heterocycles. The second kappa shape index (κ2) is 4.43. The Labute approximate surface area is 82.0 Å². The first-order valence-electron chi connectivity index (χ1n) is 5.25. The van der Waals surface area contributed by atoms with Crippen molar-refractivity contribution in [3.8, 4) is 0 Å². The molecule has 2 nitrogen and oxygen atoms in total. The van der Waals surface area contributed by atoms with Crippen LogP contribution in [0, 0.1) is 11.3 Å². The van der Waals surface area contributed by atoms with Crippen molar-refractivity contribution in [1.82, 2.24) is 5.32 Å². The Hall–Kier alpha value is -0.0800. The molecule has 1 fully saturated rings. The molecule has 0 bridgehead atoms. The molecule has 0 aromatic heterocycles. The van der Waals surface area contributed by atoms with E-state index in [0.29, 0.717) is 11.5 Å². The van der Waals surface area contributed by atoms with Crippen LogP contribution in [0.15, 0.2) is 0 Å². The zero-order chi connectivity index (χ0) is 9.90. The van der Waals surface area contributed by atoms with E-state index in [9.17, 15) is 0 Å². The third-order valence-corrected chi connectivity index (χ3v) is 2.43. The Balaban J connectivity index is 2.22. The van der Waals surface area contributed by atoms with E-state index in [1.165, 1.54) is 12.8 Å². The maximum absolute atomic E-state index is 5.21. The first-order valence-corrected chi connectivity index (χ1v) is 5.25. The molecule has 1 rings (SSSR count). The Kier molecular flexibility index (Phi) is 3.74. The van der Waals surface area contributed by atoms with E-state index in [0.717, 1.165) is 19.1 Å². The van der Waals surface area contributed by atoms with Crippen molar-refractivity contribution in [2.24, 2.45) is 11.3 Å². The van der Waals surface area contributed by atoms with Gasteiger partial charge in [0, 0.05) is 19.7 Å². The van der Waals surface area contributed by atoms with Gasteiger partial charge in [-0.15, -0.1) is 0 Å². The minimum absolute atomic E-state index is 0.376. The van der Waals surface area contributed by atoms with Crippen LogP contribution >= 0.6 is 0 Å². The molecule has 1 aliphatic rings. The van der Waals surface area contributed by atoms with E-state index in [1.54, 1.807) is 7.11 Å². The van der Waals surface area contributed by atoms with Crippen molar-refractivity contribution in [3.63, 3.8) is 0 Å². The monoisotopic (exact) mass is 185 g/mol. The van der Waals surface area contributed by atoms with Crippen LogP contribution in [0.4, 0.5) is 0 Å². The quantitative estimate of drug-likeness (QED) is 0.708. The first kappa shape index (κ1) is 11.0. The molecule has 1 aliphatic carbocycles. The summed E-state index contributed by atoms with van der Waals surface area (Å²) in [4.78, 5) is 0. The lowest BCUT2D eigenvalue weighted by Gasteiger charge is -2.24. The lowest BCUT2D eigenvalue weighted by atomic mass is 9.96. The maximum Gasteiger partial charge on any atom is 0.0618 e. The van der Waals surface area contributed by atoms with E-state index in [4.69, 9.17) is 4.74 Å². The second-order valence-corrected chi connectivity index (χ2v) is 5.34. The molecule has 0 aromatic rings. The van der Waals surface area contributed by atoms with Crippen LogP contribution < -0.4 is 5.32 Å². The molecule has 0 aliphatic heterocycles. The molecule has 0 saturated heterocycles. The van der Waals surface area contributed by atoms with E-state index >= 15 is 0 Å². The van der Waals surface area contributed by atoms with Gasteiger partial charge in [0.25, 0.3) is 0 Å². The number of rotatable bonds is 5. The largest absolute Gasteiger partial charge is 0.383 e. The van der Waals surface area contributed by atoms with Gasteiger partial charge in [0.15, 0.2) is 0 Å². The normalized spacial score (nSPS) is 20.3. The molecule has 2 heteroatoms. The standard InChI is InChI=1S/C11H23NO/c1-11(2,3)8-12-10(7-13-4)9-5-6-9/h9-10,12H,5-8H2,1-4H3. The molecule has 0 amide bonds. The van der Waals surface area contributed by atoms with Crippen molar-refractivity contribution in [2.45, 2.75) is 39.7 Å². The number of ether oxygens (including phenoxy) is 1. The molecule has 0 aromatic carbocycles. The minimum Gasteiger partial charge on any atom is -0.383 e. The highest BCUT2D eigenvalue weighted by Crippen LogP contribution is 2.33. The number of methoxy groups -OCH3 is 1. The van der Waals surface area contributed by atoms with Crippen LogP contribution in [0.3, 0.4) is 0 Å². The van der Waals surface area contributed by atoms with Crippen molar-refractivity contribution >= 4 is 0 Å².